The number of anilines is 1. The molecular formula is C12H20N4. The second-order valence-electron chi connectivity index (χ2n) is 3.10. The van der Waals surface area contributed by atoms with Crippen LogP contribution in [0.4, 0.5) is 11.4 Å². The minimum Gasteiger partial charge on any atom is -0.383 e. The first-order chi connectivity index (χ1) is 7.59. The van der Waals surface area contributed by atoms with Crippen LogP contribution in [0.3, 0.4) is 0 Å². The Bertz CT molecular complexity index is 339. The van der Waals surface area contributed by atoms with Crippen molar-refractivity contribution < 1.29 is 0 Å². The van der Waals surface area contributed by atoms with Gasteiger partial charge in [-0.3, -0.25) is 0 Å². The molecule has 0 atom stereocenters. The van der Waals surface area contributed by atoms with E-state index in [1.165, 1.54) is 0 Å². The zero-order valence-corrected chi connectivity index (χ0v) is 10.4. The highest BCUT2D eigenvalue weighted by molar-refractivity contribution is 5.51. The van der Waals surface area contributed by atoms with Gasteiger partial charge in [-0.25, -0.2) is 0 Å². The molecule has 0 amide bonds. The summed E-state index contributed by atoms with van der Waals surface area (Å²) in [6.07, 6.45) is 0. The summed E-state index contributed by atoms with van der Waals surface area (Å²) in [6, 6.07) is 7.69. The lowest BCUT2D eigenvalue weighted by molar-refractivity contribution is 1.10. The smallest absolute Gasteiger partial charge is 0.138 e. The molecule has 0 saturated heterocycles. The van der Waals surface area contributed by atoms with Crippen molar-refractivity contribution >= 4 is 11.4 Å². The highest BCUT2D eigenvalue weighted by Crippen LogP contribution is 2.18. The molecule has 88 valence electrons. The monoisotopic (exact) mass is 220 g/mol. The van der Waals surface area contributed by atoms with Crippen LogP contribution in [-0.4, -0.2) is 14.1 Å². The van der Waals surface area contributed by atoms with Crippen molar-refractivity contribution in [1.29, 1.82) is 0 Å². The number of hydrogen-bond donors (Lipinski definition) is 1. The third-order valence-electron chi connectivity index (χ3n) is 1.66. The fourth-order valence-electron chi connectivity index (χ4n) is 0.939. The lowest BCUT2D eigenvalue weighted by atomic mass is 10.3. The van der Waals surface area contributed by atoms with Gasteiger partial charge in [-0.1, -0.05) is 20.4 Å². The molecule has 0 spiro atoms. The second kappa shape index (κ2) is 7.45. The highest BCUT2D eigenvalue weighted by Gasteiger charge is 1.94. The Morgan fingerprint density at radius 3 is 2.06 bits per heavy atom. The molecule has 0 radical (unpaired) electrons. The summed E-state index contributed by atoms with van der Waals surface area (Å²) in [5, 5.41) is 7.55. The molecule has 0 aliphatic heterocycles. The topological polar surface area (TPSA) is 54.0 Å². The molecule has 4 nitrogen and oxygen atoms in total. The number of hydrogen-bond acceptors (Lipinski definition) is 4. The third-order valence-corrected chi connectivity index (χ3v) is 1.66. The van der Waals surface area contributed by atoms with Gasteiger partial charge >= 0.3 is 0 Å². The van der Waals surface area contributed by atoms with Crippen LogP contribution in [0.15, 0.2) is 46.9 Å². The van der Waals surface area contributed by atoms with Crippen LogP contribution in [0.25, 0.3) is 0 Å². The van der Waals surface area contributed by atoms with E-state index < -0.39 is 0 Å². The normalized spacial score (nSPS) is 9.50. The van der Waals surface area contributed by atoms with Crippen molar-refractivity contribution in [1.82, 2.24) is 0 Å². The molecule has 2 N–H and O–H groups in total. The van der Waals surface area contributed by atoms with Crippen molar-refractivity contribution in [3.8, 4) is 0 Å². The average molecular weight is 220 g/mol. The van der Waals surface area contributed by atoms with Crippen LogP contribution >= 0.6 is 0 Å². The molecule has 0 aliphatic carbocycles. The van der Waals surface area contributed by atoms with Crippen LogP contribution in [-0.2, 0) is 0 Å². The molecule has 1 rings (SSSR count). The standard InChI is InChI=1S/C10H14N4.C2H6/c1-8(11)12-13-9-4-6-10(7-5-9)14(2)3;1-2/h4-7H,1,11H2,2-3H3;1-2H3. The van der Waals surface area contributed by atoms with Crippen LogP contribution in [0.2, 0.25) is 0 Å². The molecule has 0 bridgehead atoms. The van der Waals surface area contributed by atoms with Crippen LogP contribution < -0.4 is 10.6 Å². The molecule has 16 heavy (non-hydrogen) atoms. The predicted molar refractivity (Wildman–Crippen MR) is 70.0 cm³/mol. The maximum atomic E-state index is 5.26. The molecule has 0 aliphatic rings. The molecule has 0 fully saturated rings. The van der Waals surface area contributed by atoms with Gasteiger partial charge < -0.3 is 10.6 Å². The number of azo groups is 1. The highest BCUT2D eigenvalue weighted by atomic mass is 15.1. The lowest BCUT2D eigenvalue weighted by Gasteiger charge is -2.11. The van der Waals surface area contributed by atoms with Crippen LogP contribution in [0.5, 0.6) is 0 Å². The Kier molecular flexibility index (Phi) is 6.59. The van der Waals surface area contributed by atoms with E-state index in [9.17, 15) is 0 Å². The second-order valence-corrected chi connectivity index (χ2v) is 3.10. The fraction of sp³-hybridized carbons (Fsp3) is 0.333. The number of benzene rings is 1. The quantitative estimate of drug-likeness (QED) is 0.795. The third kappa shape index (κ3) is 5.14. The summed E-state index contributed by atoms with van der Waals surface area (Å²) in [6.45, 7) is 7.43. The van der Waals surface area contributed by atoms with Gasteiger partial charge in [-0.2, -0.15) is 0 Å². The Labute approximate surface area is 97.5 Å². The summed E-state index contributed by atoms with van der Waals surface area (Å²) in [5.41, 5.74) is 7.14. The van der Waals surface area contributed by atoms with E-state index in [1.54, 1.807) is 0 Å². The van der Waals surface area contributed by atoms with E-state index in [2.05, 4.69) is 16.8 Å². The van der Waals surface area contributed by atoms with E-state index in [1.807, 2.05) is 57.1 Å². The van der Waals surface area contributed by atoms with E-state index in [4.69, 9.17) is 5.73 Å². The van der Waals surface area contributed by atoms with Gasteiger partial charge in [-0.05, 0) is 24.3 Å². The van der Waals surface area contributed by atoms with E-state index in [0.717, 1.165) is 11.4 Å². The fourth-order valence-corrected chi connectivity index (χ4v) is 0.939. The van der Waals surface area contributed by atoms with Gasteiger partial charge in [0.25, 0.3) is 0 Å². The molecule has 0 saturated carbocycles. The van der Waals surface area contributed by atoms with Crippen molar-refractivity contribution in [3.63, 3.8) is 0 Å². The average Bonchev–Trinajstić information content (AvgIpc) is 2.29. The zero-order valence-electron chi connectivity index (χ0n) is 10.4. The number of nitrogens with zero attached hydrogens (tertiary/aromatic N) is 3. The molecule has 1 aromatic rings. The number of nitrogens with two attached hydrogens (primary N) is 1. The summed E-state index contributed by atoms with van der Waals surface area (Å²) >= 11 is 0. The number of rotatable bonds is 3. The van der Waals surface area contributed by atoms with Gasteiger partial charge in [0, 0.05) is 19.8 Å². The van der Waals surface area contributed by atoms with Crippen molar-refractivity contribution in [3.05, 3.63) is 36.7 Å². The van der Waals surface area contributed by atoms with Gasteiger partial charge in [0.15, 0.2) is 0 Å². The van der Waals surface area contributed by atoms with Gasteiger partial charge in [0.05, 0.1) is 5.69 Å². The first kappa shape index (κ1) is 14.2. The van der Waals surface area contributed by atoms with E-state index in [0.29, 0.717) is 0 Å². The van der Waals surface area contributed by atoms with Crippen molar-refractivity contribution in [2.45, 2.75) is 13.8 Å². The van der Waals surface area contributed by atoms with E-state index >= 15 is 0 Å². The zero-order chi connectivity index (χ0) is 12.6. The largest absolute Gasteiger partial charge is 0.383 e. The first-order valence-corrected chi connectivity index (χ1v) is 5.23. The molecular weight excluding hydrogens is 200 g/mol. The summed E-state index contributed by atoms with van der Waals surface area (Å²) in [4.78, 5) is 2.02. The molecule has 0 aromatic heterocycles. The maximum Gasteiger partial charge on any atom is 0.138 e. The minimum absolute atomic E-state index is 0.210. The lowest BCUT2D eigenvalue weighted by Crippen LogP contribution is -2.07. The van der Waals surface area contributed by atoms with Crippen LogP contribution in [0, 0.1) is 0 Å². The molecule has 0 unspecified atom stereocenters. The summed E-state index contributed by atoms with van der Waals surface area (Å²) in [5.74, 6) is 0.210. The summed E-state index contributed by atoms with van der Waals surface area (Å²) < 4.78 is 0. The predicted octanol–water partition coefficient (Wildman–Crippen LogP) is 3.29. The molecule has 1 aromatic carbocycles. The van der Waals surface area contributed by atoms with Gasteiger partial charge in [0.1, 0.15) is 5.82 Å². The van der Waals surface area contributed by atoms with Gasteiger partial charge in [-0.15, -0.1) is 10.2 Å². The van der Waals surface area contributed by atoms with Crippen molar-refractivity contribution in [2.75, 3.05) is 19.0 Å². The molecule has 4 heteroatoms. The van der Waals surface area contributed by atoms with Crippen LogP contribution in [0.1, 0.15) is 13.8 Å². The maximum absolute atomic E-state index is 5.26. The Morgan fingerprint density at radius 1 is 1.19 bits per heavy atom. The van der Waals surface area contributed by atoms with Crippen molar-refractivity contribution in [2.24, 2.45) is 16.0 Å². The minimum atomic E-state index is 0.210. The Morgan fingerprint density at radius 2 is 1.69 bits per heavy atom. The molecule has 0 heterocycles. The first-order valence-electron chi connectivity index (χ1n) is 5.23. The Balaban J connectivity index is 0.00000106. The Hall–Kier alpha value is -1.84. The summed E-state index contributed by atoms with van der Waals surface area (Å²) in [7, 11) is 3.97. The van der Waals surface area contributed by atoms with Gasteiger partial charge in [0.2, 0.25) is 0 Å². The SMILES string of the molecule is C=C(N)N=Nc1ccc(N(C)C)cc1.CC. The van der Waals surface area contributed by atoms with E-state index in [-0.39, 0.29) is 5.82 Å².